The molecule has 0 aliphatic heterocycles. The summed E-state index contributed by atoms with van der Waals surface area (Å²) in [6, 6.07) is 12.0. The number of fused-ring (bicyclic) bond motifs is 1. The third-order valence-corrected chi connectivity index (χ3v) is 3.96. The van der Waals surface area contributed by atoms with Crippen LogP contribution in [0.5, 0.6) is 0 Å². The van der Waals surface area contributed by atoms with E-state index in [1.165, 1.54) is 0 Å². The Morgan fingerprint density at radius 3 is 2.62 bits per heavy atom. The maximum absolute atomic E-state index is 10.5. The molecule has 3 rings (SSSR count). The van der Waals surface area contributed by atoms with Crippen molar-refractivity contribution < 1.29 is 5.11 Å². The lowest BCUT2D eigenvalue weighted by Gasteiger charge is -2.11. The topological polar surface area (TPSA) is 50.9 Å². The Bertz CT molecular complexity index is 792. The van der Waals surface area contributed by atoms with Crippen LogP contribution in [0.1, 0.15) is 28.7 Å². The zero-order valence-corrected chi connectivity index (χ0v) is 12.5. The predicted octanol–water partition coefficient (Wildman–Crippen LogP) is 2.86. The average Bonchev–Trinajstić information content (AvgIpc) is 2.72. The van der Waals surface area contributed by atoms with Crippen LogP contribution in [-0.4, -0.2) is 19.9 Å². The van der Waals surface area contributed by atoms with Gasteiger partial charge in [0.05, 0.1) is 17.3 Å². The maximum atomic E-state index is 10.5. The lowest BCUT2D eigenvalue weighted by Crippen LogP contribution is -2.06. The van der Waals surface area contributed by atoms with E-state index in [0.29, 0.717) is 6.42 Å². The molecule has 0 saturated heterocycles. The van der Waals surface area contributed by atoms with E-state index in [-0.39, 0.29) is 0 Å². The van der Waals surface area contributed by atoms with Gasteiger partial charge in [-0.15, -0.1) is 0 Å². The summed E-state index contributed by atoms with van der Waals surface area (Å²) < 4.78 is 1.81. The normalized spacial score (nSPS) is 12.8. The van der Waals surface area contributed by atoms with Crippen molar-refractivity contribution in [2.24, 2.45) is 7.05 Å². The van der Waals surface area contributed by atoms with Gasteiger partial charge in [0.1, 0.15) is 0 Å². The molecule has 4 nitrogen and oxygen atoms in total. The van der Waals surface area contributed by atoms with Gasteiger partial charge in [-0.2, -0.15) is 5.10 Å². The quantitative estimate of drug-likeness (QED) is 0.803. The number of aliphatic hydroxyl groups is 1. The smallest absolute Gasteiger partial charge is 0.0881 e. The standard InChI is InChI=1S/C17H19N3O/c1-11-17(12(2)20(3)19-11)16(21)10-14-9-8-13-6-4-5-7-15(13)18-14/h4-9,16,21H,10H2,1-3H3. The van der Waals surface area contributed by atoms with Crippen molar-refractivity contribution in [2.45, 2.75) is 26.4 Å². The van der Waals surface area contributed by atoms with E-state index in [4.69, 9.17) is 0 Å². The number of rotatable bonds is 3. The summed E-state index contributed by atoms with van der Waals surface area (Å²) >= 11 is 0. The van der Waals surface area contributed by atoms with E-state index < -0.39 is 6.10 Å². The van der Waals surface area contributed by atoms with E-state index in [1.54, 1.807) is 0 Å². The van der Waals surface area contributed by atoms with Gasteiger partial charge in [0.15, 0.2) is 0 Å². The van der Waals surface area contributed by atoms with Crippen LogP contribution in [0.3, 0.4) is 0 Å². The minimum absolute atomic E-state index is 0.498. The van der Waals surface area contributed by atoms with Crippen molar-refractivity contribution in [2.75, 3.05) is 0 Å². The highest BCUT2D eigenvalue weighted by molar-refractivity contribution is 5.78. The fourth-order valence-electron chi connectivity index (χ4n) is 2.79. The number of aliphatic hydroxyl groups excluding tert-OH is 1. The Morgan fingerprint density at radius 2 is 1.90 bits per heavy atom. The lowest BCUT2D eigenvalue weighted by atomic mass is 10.0. The van der Waals surface area contributed by atoms with E-state index >= 15 is 0 Å². The average molecular weight is 281 g/mol. The van der Waals surface area contributed by atoms with E-state index in [1.807, 2.05) is 62.0 Å². The minimum Gasteiger partial charge on any atom is -0.388 e. The van der Waals surface area contributed by atoms with Gasteiger partial charge in [-0.1, -0.05) is 24.3 Å². The summed E-state index contributed by atoms with van der Waals surface area (Å²) in [7, 11) is 1.90. The molecule has 2 heterocycles. The third-order valence-electron chi connectivity index (χ3n) is 3.96. The molecule has 21 heavy (non-hydrogen) atoms. The first kappa shape index (κ1) is 13.8. The highest BCUT2D eigenvalue weighted by atomic mass is 16.3. The summed E-state index contributed by atoms with van der Waals surface area (Å²) in [6.45, 7) is 3.91. The molecule has 2 aromatic heterocycles. The first-order valence-corrected chi connectivity index (χ1v) is 7.09. The van der Waals surface area contributed by atoms with Crippen molar-refractivity contribution in [3.63, 3.8) is 0 Å². The molecular weight excluding hydrogens is 262 g/mol. The summed E-state index contributed by atoms with van der Waals surface area (Å²) in [5.41, 5.74) is 4.64. The number of benzene rings is 1. The lowest BCUT2D eigenvalue weighted by molar-refractivity contribution is 0.176. The molecule has 0 spiro atoms. The van der Waals surface area contributed by atoms with E-state index in [2.05, 4.69) is 10.1 Å². The molecule has 1 unspecified atom stereocenters. The monoisotopic (exact) mass is 281 g/mol. The molecule has 1 atom stereocenters. The van der Waals surface area contributed by atoms with Crippen molar-refractivity contribution >= 4 is 10.9 Å². The summed E-state index contributed by atoms with van der Waals surface area (Å²) in [4.78, 5) is 4.62. The number of pyridine rings is 1. The molecule has 4 heteroatoms. The molecule has 0 aliphatic rings. The van der Waals surface area contributed by atoms with Crippen LogP contribution in [-0.2, 0) is 13.5 Å². The molecule has 1 N–H and O–H groups in total. The molecule has 1 aromatic carbocycles. The largest absolute Gasteiger partial charge is 0.388 e. The molecule has 108 valence electrons. The summed E-state index contributed by atoms with van der Waals surface area (Å²) in [5.74, 6) is 0. The molecule has 0 aliphatic carbocycles. The zero-order valence-electron chi connectivity index (χ0n) is 12.5. The van der Waals surface area contributed by atoms with Crippen LogP contribution in [0, 0.1) is 13.8 Å². The Kier molecular flexibility index (Phi) is 3.47. The number of nitrogens with zero attached hydrogens (tertiary/aromatic N) is 3. The van der Waals surface area contributed by atoms with Gasteiger partial charge in [0, 0.05) is 35.8 Å². The van der Waals surface area contributed by atoms with Crippen molar-refractivity contribution in [3.8, 4) is 0 Å². The Balaban J connectivity index is 1.90. The van der Waals surface area contributed by atoms with Gasteiger partial charge in [0.25, 0.3) is 0 Å². The van der Waals surface area contributed by atoms with Gasteiger partial charge in [-0.25, -0.2) is 0 Å². The van der Waals surface area contributed by atoms with Crippen LogP contribution in [0.4, 0.5) is 0 Å². The van der Waals surface area contributed by atoms with E-state index in [9.17, 15) is 5.11 Å². The molecule has 0 fully saturated rings. The highest BCUT2D eigenvalue weighted by Crippen LogP contribution is 2.24. The fourth-order valence-corrected chi connectivity index (χ4v) is 2.79. The SMILES string of the molecule is Cc1nn(C)c(C)c1C(O)Cc1ccc2ccccc2n1. The van der Waals surface area contributed by atoms with Crippen LogP contribution >= 0.6 is 0 Å². The second-order valence-electron chi connectivity index (χ2n) is 5.42. The van der Waals surface area contributed by atoms with Gasteiger partial charge >= 0.3 is 0 Å². The zero-order chi connectivity index (χ0) is 15.0. The number of aromatic nitrogens is 3. The molecule has 0 bridgehead atoms. The second-order valence-corrected chi connectivity index (χ2v) is 5.42. The van der Waals surface area contributed by atoms with Gasteiger partial charge < -0.3 is 5.11 Å². The highest BCUT2D eigenvalue weighted by Gasteiger charge is 2.18. The molecule has 0 radical (unpaired) electrons. The predicted molar refractivity (Wildman–Crippen MR) is 83.1 cm³/mol. The number of aryl methyl sites for hydroxylation is 2. The van der Waals surface area contributed by atoms with Crippen molar-refractivity contribution in [1.82, 2.24) is 14.8 Å². The first-order valence-electron chi connectivity index (χ1n) is 7.09. The molecule has 0 amide bonds. The van der Waals surface area contributed by atoms with Crippen molar-refractivity contribution in [1.29, 1.82) is 0 Å². The maximum Gasteiger partial charge on any atom is 0.0881 e. The van der Waals surface area contributed by atoms with Crippen LogP contribution in [0.15, 0.2) is 36.4 Å². The molecule has 3 aromatic rings. The molecular formula is C17H19N3O. The molecule has 0 saturated carbocycles. The Labute approximate surface area is 124 Å². The fraction of sp³-hybridized carbons (Fsp3) is 0.294. The van der Waals surface area contributed by atoms with Crippen molar-refractivity contribution in [3.05, 3.63) is 59.0 Å². The Hall–Kier alpha value is -2.20. The number of hydrogen-bond acceptors (Lipinski definition) is 3. The second kappa shape index (κ2) is 5.30. The van der Waals surface area contributed by atoms with Crippen LogP contribution in [0.25, 0.3) is 10.9 Å². The van der Waals surface area contributed by atoms with Crippen LogP contribution in [0.2, 0.25) is 0 Å². The van der Waals surface area contributed by atoms with Gasteiger partial charge in [-0.3, -0.25) is 9.67 Å². The number of para-hydroxylation sites is 1. The van der Waals surface area contributed by atoms with Crippen LogP contribution < -0.4 is 0 Å². The minimum atomic E-state index is -0.577. The Morgan fingerprint density at radius 1 is 1.14 bits per heavy atom. The van der Waals surface area contributed by atoms with Gasteiger partial charge in [0.2, 0.25) is 0 Å². The summed E-state index contributed by atoms with van der Waals surface area (Å²) in [5, 5.41) is 16.0. The van der Waals surface area contributed by atoms with E-state index in [0.717, 1.165) is 33.5 Å². The first-order chi connectivity index (χ1) is 10.1. The third kappa shape index (κ3) is 2.54. The van der Waals surface area contributed by atoms with Gasteiger partial charge in [-0.05, 0) is 26.0 Å². The summed E-state index contributed by atoms with van der Waals surface area (Å²) in [6.07, 6.45) is -0.0783. The number of hydrogen-bond donors (Lipinski definition) is 1.